The topological polar surface area (TPSA) is 52.7 Å². The van der Waals surface area contributed by atoms with Gasteiger partial charge < -0.3 is 15.1 Å². The predicted octanol–water partition coefficient (Wildman–Crippen LogP) is 2.51. The highest BCUT2D eigenvalue weighted by Crippen LogP contribution is 2.32. The maximum absolute atomic E-state index is 12.5. The summed E-state index contributed by atoms with van der Waals surface area (Å²) in [5.41, 5.74) is 2.83. The highest BCUT2D eigenvalue weighted by molar-refractivity contribution is 5.78. The van der Waals surface area contributed by atoms with Crippen molar-refractivity contribution in [2.45, 2.75) is 50.5 Å². The van der Waals surface area contributed by atoms with Crippen LogP contribution in [0.3, 0.4) is 0 Å². The maximum Gasteiger partial charge on any atom is 0.317 e. The molecule has 2 aliphatic heterocycles. The van der Waals surface area contributed by atoms with Gasteiger partial charge in [0.1, 0.15) is 0 Å². The van der Waals surface area contributed by atoms with Gasteiger partial charge >= 0.3 is 6.03 Å². The van der Waals surface area contributed by atoms with Crippen molar-refractivity contribution in [1.29, 1.82) is 0 Å². The molecule has 5 nitrogen and oxygen atoms in total. The molecule has 0 bridgehead atoms. The number of nitrogens with one attached hydrogen (secondary N) is 1. The van der Waals surface area contributed by atoms with Crippen LogP contribution < -0.4 is 5.32 Å². The molecule has 5 heteroatoms. The quantitative estimate of drug-likeness (QED) is 0.918. The zero-order valence-electron chi connectivity index (χ0n) is 14.7. The van der Waals surface area contributed by atoms with Gasteiger partial charge in [0.25, 0.3) is 0 Å². The first-order valence-corrected chi connectivity index (χ1v) is 9.62. The number of carbonyl (C=O) groups excluding carboxylic acids is 2. The van der Waals surface area contributed by atoms with Crippen molar-refractivity contribution in [3.8, 4) is 0 Å². The number of hydrogen-bond acceptors (Lipinski definition) is 2. The molecule has 2 heterocycles. The van der Waals surface area contributed by atoms with Gasteiger partial charge in [-0.15, -0.1) is 0 Å². The minimum atomic E-state index is 0.0515. The van der Waals surface area contributed by atoms with Gasteiger partial charge in [-0.2, -0.15) is 0 Å². The van der Waals surface area contributed by atoms with Crippen LogP contribution in [0.15, 0.2) is 24.3 Å². The van der Waals surface area contributed by atoms with E-state index >= 15 is 0 Å². The summed E-state index contributed by atoms with van der Waals surface area (Å²) in [7, 11) is 0. The minimum Gasteiger partial charge on any atom is -0.340 e. The summed E-state index contributed by atoms with van der Waals surface area (Å²) < 4.78 is 0. The fraction of sp³-hybridized carbons (Fsp3) is 0.600. The zero-order chi connectivity index (χ0) is 17.2. The highest BCUT2D eigenvalue weighted by Gasteiger charge is 2.32. The van der Waals surface area contributed by atoms with E-state index < -0.39 is 0 Å². The lowest BCUT2D eigenvalue weighted by Crippen LogP contribution is -2.50. The molecule has 0 unspecified atom stereocenters. The Morgan fingerprint density at radius 2 is 1.88 bits per heavy atom. The SMILES string of the molecule is O=C(NC[C@H]1CCc2ccccc21)N1CCC(N2CCCC2=O)CC1. The summed E-state index contributed by atoms with van der Waals surface area (Å²) in [5.74, 6) is 0.739. The molecule has 1 atom stereocenters. The second-order valence-corrected chi connectivity index (χ2v) is 7.53. The molecule has 4 rings (SSSR count). The molecule has 1 aliphatic carbocycles. The average molecular weight is 341 g/mol. The van der Waals surface area contributed by atoms with Crippen LogP contribution in [-0.4, -0.2) is 54.0 Å². The van der Waals surface area contributed by atoms with E-state index in [1.807, 2.05) is 9.80 Å². The lowest BCUT2D eigenvalue weighted by atomic mass is 10.0. The highest BCUT2D eigenvalue weighted by atomic mass is 16.2. The summed E-state index contributed by atoms with van der Waals surface area (Å²) in [5, 5.41) is 3.13. The van der Waals surface area contributed by atoms with Gasteiger partial charge in [0.2, 0.25) is 5.91 Å². The van der Waals surface area contributed by atoms with Gasteiger partial charge in [0.15, 0.2) is 0 Å². The van der Waals surface area contributed by atoms with Crippen LogP contribution >= 0.6 is 0 Å². The summed E-state index contributed by atoms with van der Waals surface area (Å²) in [6.07, 6.45) is 5.74. The van der Waals surface area contributed by atoms with E-state index in [-0.39, 0.29) is 6.03 Å². The number of benzene rings is 1. The number of rotatable bonds is 3. The molecule has 0 radical (unpaired) electrons. The third-order valence-corrected chi connectivity index (χ3v) is 6.06. The number of fused-ring (bicyclic) bond motifs is 1. The van der Waals surface area contributed by atoms with Crippen molar-refractivity contribution < 1.29 is 9.59 Å². The number of hydrogen-bond donors (Lipinski definition) is 1. The van der Waals surface area contributed by atoms with Gasteiger partial charge in [-0.3, -0.25) is 4.79 Å². The van der Waals surface area contributed by atoms with Crippen LogP contribution in [0.25, 0.3) is 0 Å². The Bertz CT molecular complexity index is 652. The number of nitrogens with zero attached hydrogens (tertiary/aromatic N) is 2. The lowest BCUT2D eigenvalue weighted by molar-refractivity contribution is -0.130. The Labute approximate surface area is 149 Å². The van der Waals surface area contributed by atoms with Crippen LogP contribution in [-0.2, 0) is 11.2 Å². The normalized spacial score (nSPS) is 23.8. The van der Waals surface area contributed by atoms with Gasteiger partial charge in [0.05, 0.1) is 0 Å². The first-order chi connectivity index (χ1) is 12.2. The van der Waals surface area contributed by atoms with E-state index in [0.717, 1.165) is 58.3 Å². The van der Waals surface area contributed by atoms with E-state index in [1.165, 1.54) is 11.1 Å². The summed E-state index contributed by atoms with van der Waals surface area (Å²) in [6.45, 7) is 3.13. The smallest absolute Gasteiger partial charge is 0.317 e. The third kappa shape index (κ3) is 3.37. The molecule has 3 aliphatic rings. The molecule has 1 aromatic carbocycles. The number of piperidine rings is 1. The van der Waals surface area contributed by atoms with Crippen molar-refractivity contribution in [2.24, 2.45) is 0 Å². The zero-order valence-corrected chi connectivity index (χ0v) is 14.7. The van der Waals surface area contributed by atoms with Crippen LogP contribution in [0.4, 0.5) is 4.79 Å². The predicted molar refractivity (Wildman–Crippen MR) is 96.4 cm³/mol. The Hall–Kier alpha value is -2.04. The van der Waals surface area contributed by atoms with Crippen LogP contribution in [0.1, 0.15) is 49.1 Å². The second kappa shape index (κ2) is 7.06. The summed E-state index contributed by atoms with van der Waals surface area (Å²) in [6, 6.07) is 8.95. The molecule has 1 N–H and O–H groups in total. The van der Waals surface area contributed by atoms with Gasteiger partial charge in [0, 0.05) is 44.6 Å². The van der Waals surface area contributed by atoms with Crippen molar-refractivity contribution >= 4 is 11.9 Å². The van der Waals surface area contributed by atoms with E-state index in [0.29, 0.717) is 24.3 Å². The molecule has 2 saturated heterocycles. The lowest BCUT2D eigenvalue weighted by Gasteiger charge is -2.36. The molecule has 3 amide bonds. The first kappa shape index (κ1) is 16.4. The minimum absolute atomic E-state index is 0.0515. The molecule has 134 valence electrons. The molecule has 0 saturated carbocycles. The molecule has 25 heavy (non-hydrogen) atoms. The fourth-order valence-electron chi connectivity index (χ4n) is 4.62. The van der Waals surface area contributed by atoms with E-state index in [9.17, 15) is 9.59 Å². The molecule has 1 aromatic rings. The number of amides is 3. The Morgan fingerprint density at radius 1 is 1.08 bits per heavy atom. The van der Waals surface area contributed by atoms with Crippen LogP contribution in [0.5, 0.6) is 0 Å². The van der Waals surface area contributed by atoms with E-state index in [1.54, 1.807) is 0 Å². The monoisotopic (exact) mass is 341 g/mol. The number of likely N-dealkylation sites (tertiary alicyclic amines) is 2. The van der Waals surface area contributed by atoms with Crippen molar-refractivity contribution in [3.05, 3.63) is 35.4 Å². The number of urea groups is 1. The Balaban J connectivity index is 1.25. The standard InChI is InChI=1S/C20H27N3O2/c24-19-6-3-11-23(19)17-9-12-22(13-10-17)20(25)21-14-16-8-7-15-4-1-2-5-18(15)16/h1-2,4-5,16-17H,3,6-14H2,(H,21,25)/t16-/m1/s1. The van der Waals surface area contributed by atoms with E-state index in [2.05, 4.69) is 29.6 Å². The van der Waals surface area contributed by atoms with Gasteiger partial charge in [-0.05, 0) is 43.2 Å². The van der Waals surface area contributed by atoms with Crippen molar-refractivity contribution in [1.82, 2.24) is 15.1 Å². The van der Waals surface area contributed by atoms with Crippen molar-refractivity contribution in [3.63, 3.8) is 0 Å². The third-order valence-electron chi connectivity index (χ3n) is 6.06. The molecule has 2 fully saturated rings. The summed E-state index contributed by atoms with van der Waals surface area (Å²) >= 11 is 0. The first-order valence-electron chi connectivity index (χ1n) is 9.62. The fourth-order valence-corrected chi connectivity index (χ4v) is 4.62. The average Bonchev–Trinajstić information content (AvgIpc) is 3.26. The van der Waals surface area contributed by atoms with E-state index in [4.69, 9.17) is 0 Å². The second-order valence-electron chi connectivity index (χ2n) is 7.53. The van der Waals surface area contributed by atoms with Gasteiger partial charge in [-0.1, -0.05) is 24.3 Å². The van der Waals surface area contributed by atoms with Crippen molar-refractivity contribution in [2.75, 3.05) is 26.2 Å². The largest absolute Gasteiger partial charge is 0.340 e. The molecule has 0 aromatic heterocycles. The Morgan fingerprint density at radius 3 is 2.64 bits per heavy atom. The number of carbonyl (C=O) groups is 2. The number of aryl methyl sites for hydroxylation is 1. The van der Waals surface area contributed by atoms with Gasteiger partial charge in [-0.25, -0.2) is 4.79 Å². The van der Waals surface area contributed by atoms with Crippen LogP contribution in [0.2, 0.25) is 0 Å². The maximum atomic E-state index is 12.5. The molecular formula is C20H27N3O2. The Kier molecular flexibility index (Phi) is 4.64. The summed E-state index contributed by atoms with van der Waals surface area (Å²) in [4.78, 5) is 28.3. The van der Waals surface area contributed by atoms with Crippen LogP contribution in [0, 0.1) is 0 Å². The molecular weight excluding hydrogens is 314 g/mol. The molecule has 0 spiro atoms.